The quantitative estimate of drug-likeness (QED) is 0.871. The molecule has 2 rings (SSSR count). The van der Waals surface area contributed by atoms with Gasteiger partial charge in [-0.2, -0.15) is 0 Å². The smallest absolute Gasteiger partial charge is 0.0547 e. The molecule has 0 saturated heterocycles. The van der Waals surface area contributed by atoms with Gasteiger partial charge in [-0.25, -0.2) is 0 Å². The topological polar surface area (TPSA) is 35.2 Å². The molecule has 1 aromatic carbocycles. The van der Waals surface area contributed by atoms with E-state index in [1.165, 1.54) is 18.4 Å². The van der Waals surface area contributed by atoms with Crippen LogP contribution < -0.4 is 5.73 Å². The van der Waals surface area contributed by atoms with Gasteiger partial charge >= 0.3 is 0 Å². The SMILES string of the molecule is NCC(COCC1CC1)c1cccc(Br)c1. The van der Waals surface area contributed by atoms with Crippen molar-refractivity contribution in [2.24, 2.45) is 11.7 Å². The number of hydrogen-bond acceptors (Lipinski definition) is 2. The number of hydrogen-bond donors (Lipinski definition) is 1. The molecule has 3 heteroatoms. The van der Waals surface area contributed by atoms with E-state index in [9.17, 15) is 0 Å². The van der Waals surface area contributed by atoms with E-state index >= 15 is 0 Å². The molecule has 16 heavy (non-hydrogen) atoms. The summed E-state index contributed by atoms with van der Waals surface area (Å²) in [6.45, 7) is 2.29. The second-order valence-corrected chi connectivity index (χ2v) is 5.38. The van der Waals surface area contributed by atoms with Crippen molar-refractivity contribution in [1.82, 2.24) is 0 Å². The van der Waals surface area contributed by atoms with Crippen LogP contribution in [0.4, 0.5) is 0 Å². The fourth-order valence-corrected chi connectivity index (χ4v) is 2.14. The third-order valence-corrected chi connectivity index (χ3v) is 3.47. The van der Waals surface area contributed by atoms with Crippen LogP contribution >= 0.6 is 15.9 Å². The summed E-state index contributed by atoms with van der Waals surface area (Å²) in [6, 6.07) is 8.31. The Bertz CT molecular complexity index is 338. The summed E-state index contributed by atoms with van der Waals surface area (Å²) in [6.07, 6.45) is 2.67. The Morgan fingerprint density at radius 1 is 1.44 bits per heavy atom. The lowest BCUT2D eigenvalue weighted by Crippen LogP contribution is -2.18. The minimum atomic E-state index is 0.316. The molecule has 0 spiro atoms. The molecule has 0 radical (unpaired) electrons. The number of ether oxygens (including phenoxy) is 1. The first-order valence-corrected chi connectivity index (χ1v) is 6.62. The Morgan fingerprint density at radius 3 is 2.88 bits per heavy atom. The predicted molar refractivity (Wildman–Crippen MR) is 69.5 cm³/mol. The summed E-state index contributed by atoms with van der Waals surface area (Å²) in [5.41, 5.74) is 7.05. The summed E-state index contributed by atoms with van der Waals surface area (Å²) in [5.74, 6) is 1.14. The highest BCUT2D eigenvalue weighted by molar-refractivity contribution is 9.10. The molecule has 2 nitrogen and oxygen atoms in total. The van der Waals surface area contributed by atoms with Gasteiger partial charge < -0.3 is 10.5 Å². The molecule has 1 saturated carbocycles. The van der Waals surface area contributed by atoms with E-state index in [0.717, 1.165) is 23.6 Å². The zero-order valence-electron chi connectivity index (χ0n) is 9.36. The lowest BCUT2D eigenvalue weighted by Gasteiger charge is -2.15. The van der Waals surface area contributed by atoms with Crippen molar-refractivity contribution in [3.63, 3.8) is 0 Å². The molecular formula is C13H18BrNO. The summed E-state index contributed by atoms with van der Waals surface area (Å²) >= 11 is 3.48. The number of halogens is 1. The van der Waals surface area contributed by atoms with Gasteiger partial charge in [0.1, 0.15) is 0 Å². The molecule has 0 amide bonds. The van der Waals surface area contributed by atoms with Crippen LogP contribution in [-0.4, -0.2) is 19.8 Å². The fraction of sp³-hybridized carbons (Fsp3) is 0.538. The second-order valence-electron chi connectivity index (χ2n) is 4.47. The minimum absolute atomic E-state index is 0.316. The fourth-order valence-electron chi connectivity index (χ4n) is 1.72. The van der Waals surface area contributed by atoms with E-state index in [0.29, 0.717) is 12.5 Å². The Kier molecular flexibility index (Phi) is 4.38. The highest BCUT2D eigenvalue weighted by Crippen LogP contribution is 2.29. The summed E-state index contributed by atoms with van der Waals surface area (Å²) in [7, 11) is 0. The third-order valence-electron chi connectivity index (χ3n) is 2.97. The van der Waals surface area contributed by atoms with Gasteiger partial charge in [0.25, 0.3) is 0 Å². The molecule has 1 aromatic rings. The van der Waals surface area contributed by atoms with Gasteiger partial charge in [-0.15, -0.1) is 0 Å². The first-order chi connectivity index (χ1) is 7.79. The molecule has 1 fully saturated rings. The molecule has 0 aliphatic heterocycles. The maximum Gasteiger partial charge on any atom is 0.0547 e. The summed E-state index contributed by atoms with van der Waals surface area (Å²) in [5, 5.41) is 0. The van der Waals surface area contributed by atoms with Crippen LogP contribution in [0.5, 0.6) is 0 Å². The van der Waals surface area contributed by atoms with E-state index in [2.05, 4.69) is 28.1 Å². The lowest BCUT2D eigenvalue weighted by molar-refractivity contribution is 0.112. The number of nitrogens with two attached hydrogens (primary N) is 1. The van der Waals surface area contributed by atoms with E-state index in [1.54, 1.807) is 0 Å². The monoisotopic (exact) mass is 283 g/mol. The molecule has 0 bridgehead atoms. The first-order valence-electron chi connectivity index (χ1n) is 5.83. The molecule has 1 atom stereocenters. The molecule has 1 aliphatic rings. The Labute approximate surface area is 105 Å². The van der Waals surface area contributed by atoms with E-state index < -0.39 is 0 Å². The van der Waals surface area contributed by atoms with Crippen LogP contribution in [0, 0.1) is 5.92 Å². The third kappa shape index (κ3) is 3.58. The van der Waals surface area contributed by atoms with Gasteiger partial charge in [0, 0.05) is 23.5 Å². The minimum Gasteiger partial charge on any atom is -0.380 e. The Balaban J connectivity index is 1.87. The summed E-state index contributed by atoms with van der Waals surface area (Å²) in [4.78, 5) is 0. The molecule has 1 aliphatic carbocycles. The number of benzene rings is 1. The molecule has 0 aromatic heterocycles. The van der Waals surface area contributed by atoms with Crippen LogP contribution in [0.25, 0.3) is 0 Å². The van der Waals surface area contributed by atoms with Gasteiger partial charge in [-0.3, -0.25) is 0 Å². The molecular weight excluding hydrogens is 266 g/mol. The van der Waals surface area contributed by atoms with E-state index in [-0.39, 0.29) is 0 Å². The highest BCUT2D eigenvalue weighted by atomic mass is 79.9. The Morgan fingerprint density at radius 2 is 2.25 bits per heavy atom. The van der Waals surface area contributed by atoms with Gasteiger partial charge in [0.05, 0.1) is 6.61 Å². The molecule has 0 heterocycles. The van der Waals surface area contributed by atoms with Crippen molar-refractivity contribution in [3.8, 4) is 0 Å². The average Bonchev–Trinajstić information content (AvgIpc) is 3.08. The highest BCUT2D eigenvalue weighted by Gasteiger charge is 2.21. The lowest BCUT2D eigenvalue weighted by atomic mass is 10.0. The van der Waals surface area contributed by atoms with Gasteiger partial charge in [0.15, 0.2) is 0 Å². The normalized spacial score (nSPS) is 17.4. The predicted octanol–water partition coefficient (Wildman–Crippen LogP) is 2.92. The van der Waals surface area contributed by atoms with Crippen molar-refractivity contribution in [3.05, 3.63) is 34.3 Å². The molecule has 88 valence electrons. The molecule has 2 N–H and O–H groups in total. The largest absolute Gasteiger partial charge is 0.380 e. The second kappa shape index (κ2) is 5.80. The van der Waals surface area contributed by atoms with Crippen LogP contribution in [0.1, 0.15) is 24.3 Å². The van der Waals surface area contributed by atoms with E-state index in [4.69, 9.17) is 10.5 Å². The molecule has 1 unspecified atom stereocenters. The van der Waals surface area contributed by atoms with Crippen molar-refractivity contribution in [2.75, 3.05) is 19.8 Å². The maximum atomic E-state index is 5.79. The van der Waals surface area contributed by atoms with Crippen molar-refractivity contribution < 1.29 is 4.74 Å². The maximum absolute atomic E-state index is 5.79. The number of rotatable bonds is 6. The van der Waals surface area contributed by atoms with Crippen molar-refractivity contribution >= 4 is 15.9 Å². The van der Waals surface area contributed by atoms with Crippen LogP contribution in [0.15, 0.2) is 28.7 Å². The van der Waals surface area contributed by atoms with Gasteiger partial charge in [-0.1, -0.05) is 28.1 Å². The Hall–Kier alpha value is -0.380. The summed E-state index contributed by atoms with van der Waals surface area (Å²) < 4.78 is 6.81. The van der Waals surface area contributed by atoms with E-state index in [1.807, 2.05) is 12.1 Å². The van der Waals surface area contributed by atoms with Crippen molar-refractivity contribution in [1.29, 1.82) is 0 Å². The van der Waals surface area contributed by atoms with Crippen molar-refractivity contribution in [2.45, 2.75) is 18.8 Å². The van der Waals surface area contributed by atoms with Crippen LogP contribution in [-0.2, 0) is 4.74 Å². The van der Waals surface area contributed by atoms with Crippen LogP contribution in [0.2, 0.25) is 0 Å². The zero-order valence-corrected chi connectivity index (χ0v) is 10.9. The van der Waals surface area contributed by atoms with Gasteiger partial charge in [0.2, 0.25) is 0 Å². The van der Waals surface area contributed by atoms with Crippen LogP contribution in [0.3, 0.4) is 0 Å². The van der Waals surface area contributed by atoms with Gasteiger partial charge in [-0.05, 0) is 36.5 Å². The average molecular weight is 284 g/mol. The zero-order chi connectivity index (χ0) is 11.4. The standard InChI is InChI=1S/C13H18BrNO/c14-13-3-1-2-11(6-13)12(7-15)9-16-8-10-4-5-10/h1-3,6,10,12H,4-5,7-9,15H2. The first kappa shape index (κ1) is 12.1.